The van der Waals surface area contributed by atoms with Gasteiger partial charge in [-0.25, -0.2) is 0 Å². The van der Waals surface area contributed by atoms with Crippen molar-refractivity contribution in [3.8, 4) is 0 Å². The van der Waals surface area contributed by atoms with Gasteiger partial charge < -0.3 is 5.32 Å². The first kappa shape index (κ1) is 17.5. The number of hydrogen-bond donors (Lipinski definition) is 1. The van der Waals surface area contributed by atoms with Crippen LogP contribution in [0.2, 0.25) is 0 Å². The topological polar surface area (TPSA) is 12.0 Å². The molecule has 122 valence electrons. The summed E-state index contributed by atoms with van der Waals surface area (Å²) < 4.78 is 0. The van der Waals surface area contributed by atoms with Crippen LogP contribution in [-0.4, -0.2) is 13.1 Å². The van der Waals surface area contributed by atoms with E-state index in [0.29, 0.717) is 0 Å². The van der Waals surface area contributed by atoms with E-state index < -0.39 is 0 Å². The van der Waals surface area contributed by atoms with Crippen LogP contribution in [0.25, 0.3) is 6.08 Å². The van der Waals surface area contributed by atoms with Gasteiger partial charge in [0.1, 0.15) is 0 Å². The predicted octanol–water partition coefficient (Wildman–Crippen LogP) is 5.32. The van der Waals surface area contributed by atoms with E-state index in [-0.39, 0.29) is 0 Å². The Balaban J connectivity index is 0.000000924. The molecule has 1 heteroatoms. The standard InChI is InChI=1S/C20H23N.C2H6/c1-2-4-19(5-3-1)16-20-10-8-17(9-11-20)6-7-18-12-14-21-15-13-18;1-2/h1-11,18,21H,12-16H2;1-2H3/b7-6+;. The third-order valence-electron chi connectivity index (χ3n) is 4.18. The van der Waals surface area contributed by atoms with Gasteiger partial charge in [-0.15, -0.1) is 0 Å². The second-order valence-corrected chi connectivity index (χ2v) is 5.85. The molecule has 0 amide bonds. The molecule has 2 aromatic carbocycles. The maximum absolute atomic E-state index is 3.41. The van der Waals surface area contributed by atoms with E-state index in [0.717, 1.165) is 25.4 Å². The SMILES string of the molecule is C(=C\C1CCNCC1)/c1ccc(Cc2ccccc2)cc1.CC. The molecule has 0 spiro atoms. The van der Waals surface area contributed by atoms with Crippen LogP contribution in [0.5, 0.6) is 0 Å². The van der Waals surface area contributed by atoms with Crippen LogP contribution in [0.4, 0.5) is 0 Å². The highest BCUT2D eigenvalue weighted by molar-refractivity contribution is 5.50. The highest BCUT2D eigenvalue weighted by Crippen LogP contribution is 2.16. The molecule has 0 aliphatic carbocycles. The minimum Gasteiger partial charge on any atom is -0.317 e. The van der Waals surface area contributed by atoms with Gasteiger partial charge in [-0.1, -0.05) is 80.6 Å². The molecule has 2 aromatic rings. The van der Waals surface area contributed by atoms with Crippen LogP contribution in [0, 0.1) is 5.92 Å². The van der Waals surface area contributed by atoms with Gasteiger partial charge >= 0.3 is 0 Å². The average molecular weight is 307 g/mol. The lowest BCUT2D eigenvalue weighted by Gasteiger charge is -2.19. The van der Waals surface area contributed by atoms with Crippen molar-refractivity contribution in [3.63, 3.8) is 0 Å². The number of nitrogens with one attached hydrogen (secondary N) is 1. The maximum Gasteiger partial charge on any atom is -0.00258 e. The fraction of sp³-hybridized carbons (Fsp3) is 0.364. The molecule has 1 aliphatic heterocycles. The molecule has 0 unspecified atom stereocenters. The van der Waals surface area contributed by atoms with Crippen LogP contribution >= 0.6 is 0 Å². The fourth-order valence-corrected chi connectivity index (χ4v) is 2.86. The van der Waals surface area contributed by atoms with E-state index in [2.05, 4.69) is 72.1 Å². The first-order chi connectivity index (χ1) is 11.4. The van der Waals surface area contributed by atoms with Gasteiger partial charge in [0.15, 0.2) is 0 Å². The monoisotopic (exact) mass is 307 g/mol. The van der Waals surface area contributed by atoms with Crippen molar-refractivity contribution < 1.29 is 0 Å². The normalized spacial score (nSPS) is 15.2. The number of allylic oxidation sites excluding steroid dienone is 1. The van der Waals surface area contributed by atoms with Crippen LogP contribution < -0.4 is 5.32 Å². The van der Waals surface area contributed by atoms with Crippen molar-refractivity contribution in [1.29, 1.82) is 0 Å². The summed E-state index contributed by atoms with van der Waals surface area (Å²) in [6.07, 6.45) is 8.21. The third kappa shape index (κ3) is 6.03. The zero-order valence-electron chi connectivity index (χ0n) is 14.5. The quantitative estimate of drug-likeness (QED) is 0.806. The molecule has 1 aliphatic rings. The summed E-state index contributed by atoms with van der Waals surface area (Å²) >= 11 is 0. The molecule has 1 nitrogen and oxygen atoms in total. The lowest BCUT2D eigenvalue weighted by atomic mass is 9.96. The van der Waals surface area contributed by atoms with Gasteiger partial charge in [-0.3, -0.25) is 0 Å². The van der Waals surface area contributed by atoms with Crippen molar-refractivity contribution in [2.24, 2.45) is 5.92 Å². The third-order valence-corrected chi connectivity index (χ3v) is 4.18. The summed E-state index contributed by atoms with van der Waals surface area (Å²) in [6, 6.07) is 19.6. The van der Waals surface area contributed by atoms with E-state index in [1.54, 1.807) is 0 Å². The summed E-state index contributed by atoms with van der Waals surface area (Å²) in [6.45, 7) is 6.32. The van der Waals surface area contributed by atoms with Gasteiger partial charge in [-0.2, -0.15) is 0 Å². The fourth-order valence-electron chi connectivity index (χ4n) is 2.86. The lowest BCUT2D eigenvalue weighted by Crippen LogP contribution is -2.26. The van der Waals surface area contributed by atoms with Crippen LogP contribution in [-0.2, 0) is 6.42 Å². The predicted molar refractivity (Wildman–Crippen MR) is 102 cm³/mol. The van der Waals surface area contributed by atoms with Crippen molar-refractivity contribution in [1.82, 2.24) is 5.32 Å². The molecule has 3 rings (SSSR count). The second kappa shape index (κ2) is 10.0. The number of piperidine rings is 1. The summed E-state index contributed by atoms with van der Waals surface area (Å²) in [7, 11) is 0. The van der Waals surface area contributed by atoms with Crippen LogP contribution in [0.3, 0.4) is 0 Å². The Kier molecular flexibility index (Phi) is 7.62. The van der Waals surface area contributed by atoms with Gasteiger partial charge in [-0.05, 0) is 55.0 Å². The molecule has 23 heavy (non-hydrogen) atoms. The van der Waals surface area contributed by atoms with Crippen molar-refractivity contribution in [2.45, 2.75) is 33.1 Å². The molecule has 1 fully saturated rings. The van der Waals surface area contributed by atoms with Gasteiger partial charge in [0.05, 0.1) is 0 Å². The first-order valence-electron chi connectivity index (χ1n) is 8.92. The van der Waals surface area contributed by atoms with Crippen molar-refractivity contribution in [3.05, 3.63) is 77.4 Å². The highest BCUT2D eigenvalue weighted by Gasteiger charge is 2.08. The molecule has 0 aromatic heterocycles. The van der Waals surface area contributed by atoms with E-state index >= 15 is 0 Å². The summed E-state index contributed by atoms with van der Waals surface area (Å²) in [5.41, 5.74) is 4.06. The molecule has 0 atom stereocenters. The zero-order valence-corrected chi connectivity index (χ0v) is 14.5. The van der Waals surface area contributed by atoms with Gasteiger partial charge in [0.25, 0.3) is 0 Å². The van der Waals surface area contributed by atoms with E-state index in [1.165, 1.54) is 29.5 Å². The second-order valence-electron chi connectivity index (χ2n) is 5.85. The zero-order chi connectivity index (χ0) is 16.3. The average Bonchev–Trinajstić information content (AvgIpc) is 2.65. The largest absolute Gasteiger partial charge is 0.317 e. The number of hydrogen-bond acceptors (Lipinski definition) is 1. The first-order valence-corrected chi connectivity index (χ1v) is 8.92. The Bertz CT molecular complexity index is 563. The Morgan fingerprint density at radius 2 is 1.48 bits per heavy atom. The molecule has 0 bridgehead atoms. The molecular formula is C22H29N. The number of rotatable bonds is 4. The Hall–Kier alpha value is -1.86. The number of benzene rings is 2. The molecule has 0 saturated carbocycles. The maximum atomic E-state index is 3.41. The van der Waals surface area contributed by atoms with E-state index in [1.807, 2.05) is 13.8 Å². The molecule has 1 N–H and O–H groups in total. The van der Waals surface area contributed by atoms with Crippen LogP contribution in [0.15, 0.2) is 60.7 Å². The van der Waals surface area contributed by atoms with Crippen LogP contribution in [0.1, 0.15) is 43.4 Å². The smallest absolute Gasteiger partial charge is 0.00258 e. The van der Waals surface area contributed by atoms with Gasteiger partial charge in [0.2, 0.25) is 0 Å². The van der Waals surface area contributed by atoms with Gasteiger partial charge in [0, 0.05) is 0 Å². The highest BCUT2D eigenvalue weighted by atomic mass is 14.9. The summed E-state index contributed by atoms with van der Waals surface area (Å²) in [5, 5.41) is 3.41. The van der Waals surface area contributed by atoms with Crippen molar-refractivity contribution in [2.75, 3.05) is 13.1 Å². The summed E-state index contributed by atoms with van der Waals surface area (Å²) in [4.78, 5) is 0. The summed E-state index contributed by atoms with van der Waals surface area (Å²) in [5.74, 6) is 0.746. The van der Waals surface area contributed by atoms with E-state index in [9.17, 15) is 0 Å². The lowest BCUT2D eigenvalue weighted by molar-refractivity contribution is 0.438. The molecule has 1 saturated heterocycles. The Labute approximate surface area is 141 Å². The molecule has 0 radical (unpaired) electrons. The molecule has 1 heterocycles. The Morgan fingerprint density at radius 3 is 2.13 bits per heavy atom. The minimum absolute atomic E-state index is 0.746. The Morgan fingerprint density at radius 1 is 0.870 bits per heavy atom. The van der Waals surface area contributed by atoms with E-state index in [4.69, 9.17) is 0 Å². The minimum atomic E-state index is 0.746. The molecular weight excluding hydrogens is 278 g/mol. The van der Waals surface area contributed by atoms with Crippen molar-refractivity contribution >= 4 is 6.08 Å².